The highest BCUT2D eigenvalue weighted by molar-refractivity contribution is 5.27. The standard InChI is InChI=1S/C19H29N/c1-3-14-9-7-8-12-16(14)19(20-2)18-13-17(18)15-10-5-4-6-11-15/h4-6,10-11,14,16-20H,3,7-9,12-13H2,1-2H3. The second kappa shape index (κ2) is 6.30. The Labute approximate surface area is 124 Å². The van der Waals surface area contributed by atoms with Gasteiger partial charge in [0.15, 0.2) is 0 Å². The van der Waals surface area contributed by atoms with E-state index in [4.69, 9.17) is 0 Å². The molecule has 5 atom stereocenters. The molecule has 2 fully saturated rings. The molecule has 0 radical (unpaired) electrons. The minimum Gasteiger partial charge on any atom is -0.316 e. The summed E-state index contributed by atoms with van der Waals surface area (Å²) in [5, 5.41) is 3.70. The molecular formula is C19H29N. The third-order valence-corrected chi connectivity index (χ3v) is 5.82. The third kappa shape index (κ3) is 2.79. The second-order valence-corrected chi connectivity index (χ2v) is 6.85. The van der Waals surface area contributed by atoms with Gasteiger partial charge in [-0.2, -0.15) is 0 Å². The molecule has 1 nitrogen and oxygen atoms in total. The molecule has 110 valence electrons. The van der Waals surface area contributed by atoms with Crippen LogP contribution < -0.4 is 5.32 Å². The minimum atomic E-state index is 0.741. The fourth-order valence-electron chi connectivity index (χ4n) is 4.66. The molecule has 0 aliphatic heterocycles. The molecule has 0 heterocycles. The summed E-state index contributed by atoms with van der Waals surface area (Å²) >= 11 is 0. The van der Waals surface area contributed by atoms with Crippen LogP contribution in [0.5, 0.6) is 0 Å². The molecule has 3 rings (SSSR count). The maximum absolute atomic E-state index is 3.70. The minimum absolute atomic E-state index is 0.741. The lowest BCUT2D eigenvalue weighted by Crippen LogP contribution is -2.41. The van der Waals surface area contributed by atoms with Crippen molar-refractivity contribution in [2.75, 3.05) is 7.05 Å². The summed E-state index contributed by atoms with van der Waals surface area (Å²) < 4.78 is 0. The monoisotopic (exact) mass is 271 g/mol. The van der Waals surface area contributed by atoms with Crippen LogP contribution in [0.4, 0.5) is 0 Å². The van der Waals surface area contributed by atoms with E-state index < -0.39 is 0 Å². The van der Waals surface area contributed by atoms with Crippen molar-refractivity contribution in [3.63, 3.8) is 0 Å². The van der Waals surface area contributed by atoms with Crippen LogP contribution in [-0.4, -0.2) is 13.1 Å². The number of rotatable bonds is 5. The lowest BCUT2D eigenvalue weighted by molar-refractivity contribution is 0.166. The fraction of sp³-hybridized carbons (Fsp3) is 0.684. The van der Waals surface area contributed by atoms with Crippen LogP contribution >= 0.6 is 0 Å². The first-order valence-corrected chi connectivity index (χ1v) is 8.57. The molecule has 2 saturated carbocycles. The molecule has 2 aliphatic carbocycles. The molecule has 0 aromatic heterocycles. The summed E-state index contributed by atoms with van der Waals surface area (Å²) in [7, 11) is 2.19. The Morgan fingerprint density at radius 2 is 1.85 bits per heavy atom. The molecule has 1 heteroatoms. The Balaban J connectivity index is 1.69. The molecule has 20 heavy (non-hydrogen) atoms. The maximum Gasteiger partial charge on any atom is 0.0129 e. The largest absolute Gasteiger partial charge is 0.316 e. The Bertz CT molecular complexity index is 413. The highest BCUT2D eigenvalue weighted by atomic mass is 14.9. The summed E-state index contributed by atoms with van der Waals surface area (Å²) in [5.74, 6) is 3.56. The summed E-state index contributed by atoms with van der Waals surface area (Å²) in [4.78, 5) is 0. The van der Waals surface area contributed by atoms with E-state index in [9.17, 15) is 0 Å². The van der Waals surface area contributed by atoms with E-state index in [0.29, 0.717) is 0 Å². The first kappa shape index (κ1) is 14.1. The van der Waals surface area contributed by atoms with Gasteiger partial charge in [-0.1, -0.05) is 62.9 Å². The number of hydrogen-bond donors (Lipinski definition) is 1. The second-order valence-electron chi connectivity index (χ2n) is 6.85. The summed E-state index contributed by atoms with van der Waals surface area (Å²) in [5.41, 5.74) is 1.56. The topological polar surface area (TPSA) is 12.0 Å². The average molecular weight is 271 g/mol. The quantitative estimate of drug-likeness (QED) is 0.825. The van der Waals surface area contributed by atoms with Crippen LogP contribution in [0.15, 0.2) is 30.3 Å². The number of benzene rings is 1. The van der Waals surface area contributed by atoms with Gasteiger partial charge in [0.05, 0.1) is 0 Å². The lowest BCUT2D eigenvalue weighted by atomic mass is 9.72. The van der Waals surface area contributed by atoms with Crippen LogP contribution in [0.25, 0.3) is 0 Å². The Hall–Kier alpha value is -0.820. The predicted octanol–water partition coefficient (Wildman–Crippen LogP) is 4.59. The molecule has 0 bridgehead atoms. The predicted molar refractivity (Wildman–Crippen MR) is 85.9 cm³/mol. The summed E-state index contributed by atoms with van der Waals surface area (Å²) in [6, 6.07) is 11.9. The van der Waals surface area contributed by atoms with Crippen LogP contribution in [0, 0.1) is 17.8 Å². The normalized spacial score (nSPS) is 34.7. The molecule has 1 aromatic rings. The highest BCUT2D eigenvalue weighted by Gasteiger charge is 2.47. The summed E-state index contributed by atoms with van der Waals surface area (Å²) in [6.07, 6.45) is 8.57. The van der Waals surface area contributed by atoms with Gasteiger partial charge in [0, 0.05) is 6.04 Å². The van der Waals surface area contributed by atoms with Gasteiger partial charge >= 0.3 is 0 Å². The van der Waals surface area contributed by atoms with Gasteiger partial charge in [-0.25, -0.2) is 0 Å². The third-order valence-electron chi connectivity index (χ3n) is 5.82. The Kier molecular flexibility index (Phi) is 4.45. The zero-order valence-corrected chi connectivity index (χ0v) is 13.0. The van der Waals surface area contributed by atoms with Crippen molar-refractivity contribution in [1.82, 2.24) is 5.32 Å². The van der Waals surface area contributed by atoms with E-state index in [2.05, 4.69) is 49.6 Å². The first-order valence-electron chi connectivity index (χ1n) is 8.57. The van der Waals surface area contributed by atoms with E-state index in [-0.39, 0.29) is 0 Å². The van der Waals surface area contributed by atoms with E-state index in [1.807, 2.05) is 0 Å². The van der Waals surface area contributed by atoms with Crippen molar-refractivity contribution in [2.24, 2.45) is 17.8 Å². The Morgan fingerprint density at radius 3 is 2.55 bits per heavy atom. The zero-order valence-electron chi connectivity index (χ0n) is 13.0. The highest BCUT2D eigenvalue weighted by Crippen LogP contribution is 2.53. The van der Waals surface area contributed by atoms with Crippen molar-refractivity contribution in [3.8, 4) is 0 Å². The van der Waals surface area contributed by atoms with Crippen LogP contribution in [0.1, 0.15) is 56.9 Å². The van der Waals surface area contributed by atoms with Gasteiger partial charge in [0.2, 0.25) is 0 Å². The number of nitrogens with one attached hydrogen (secondary N) is 1. The number of hydrogen-bond acceptors (Lipinski definition) is 1. The molecule has 0 saturated heterocycles. The fourth-order valence-corrected chi connectivity index (χ4v) is 4.66. The van der Waals surface area contributed by atoms with E-state index in [1.165, 1.54) is 38.5 Å². The first-order chi connectivity index (χ1) is 9.85. The van der Waals surface area contributed by atoms with E-state index in [0.717, 1.165) is 29.7 Å². The van der Waals surface area contributed by atoms with Crippen LogP contribution in [-0.2, 0) is 0 Å². The molecule has 5 unspecified atom stereocenters. The van der Waals surface area contributed by atoms with Crippen LogP contribution in [0.2, 0.25) is 0 Å². The van der Waals surface area contributed by atoms with Gasteiger partial charge in [0.1, 0.15) is 0 Å². The van der Waals surface area contributed by atoms with Gasteiger partial charge in [-0.05, 0) is 49.1 Å². The van der Waals surface area contributed by atoms with Crippen molar-refractivity contribution in [3.05, 3.63) is 35.9 Å². The van der Waals surface area contributed by atoms with E-state index in [1.54, 1.807) is 5.56 Å². The van der Waals surface area contributed by atoms with Gasteiger partial charge in [-0.15, -0.1) is 0 Å². The van der Waals surface area contributed by atoms with Crippen molar-refractivity contribution >= 4 is 0 Å². The average Bonchev–Trinajstić information content (AvgIpc) is 3.30. The molecule has 1 N–H and O–H groups in total. The lowest BCUT2D eigenvalue weighted by Gasteiger charge is -2.37. The SMILES string of the molecule is CCC1CCCCC1C(NC)C1CC1c1ccccc1. The molecule has 0 amide bonds. The maximum atomic E-state index is 3.70. The molecular weight excluding hydrogens is 242 g/mol. The summed E-state index contributed by atoms with van der Waals surface area (Å²) in [6.45, 7) is 2.39. The molecule has 2 aliphatic rings. The van der Waals surface area contributed by atoms with Gasteiger partial charge in [0.25, 0.3) is 0 Å². The smallest absolute Gasteiger partial charge is 0.0129 e. The molecule has 0 spiro atoms. The van der Waals surface area contributed by atoms with Gasteiger partial charge < -0.3 is 5.32 Å². The van der Waals surface area contributed by atoms with Crippen molar-refractivity contribution in [2.45, 2.75) is 57.4 Å². The van der Waals surface area contributed by atoms with Crippen molar-refractivity contribution < 1.29 is 0 Å². The van der Waals surface area contributed by atoms with Gasteiger partial charge in [-0.3, -0.25) is 0 Å². The van der Waals surface area contributed by atoms with Crippen molar-refractivity contribution in [1.29, 1.82) is 0 Å². The molecule has 1 aromatic carbocycles. The zero-order chi connectivity index (χ0) is 13.9. The van der Waals surface area contributed by atoms with Crippen LogP contribution in [0.3, 0.4) is 0 Å². The van der Waals surface area contributed by atoms with E-state index >= 15 is 0 Å². The Morgan fingerprint density at radius 1 is 1.10 bits per heavy atom.